The van der Waals surface area contributed by atoms with E-state index in [2.05, 4.69) is 22.5 Å². The summed E-state index contributed by atoms with van der Waals surface area (Å²) in [6.07, 6.45) is 5.63. The van der Waals surface area contributed by atoms with Gasteiger partial charge in [0.1, 0.15) is 36.2 Å². The van der Waals surface area contributed by atoms with Crippen molar-refractivity contribution >= 4 is 34.2 Å². The van der Waals surface area contributed by atoms with Gasteiger partial charge in [-0.05, 0) is 40.2 Å². The van der Waals surface area contributed by atoms with Gasteiger partial charge in [0.2, 0.25) is 0 Å². The zero-order chi connectivity index (χ0) is 22.6. The second kappa shape index (κ2) is 13.0. The monoisotopic (exact) mass is 492 g/mol. The van der Waals surface area contributed by atoms with Gasteiger partial charge in [0, 0.05) is 30.9 Å². The third-order valence-electron chi connectivity index (χ3n) is 4.40. The zero-order valence-electron chi connectivity index (χ0n) is 18.4. The van der Waals surface area contributed by atoms with Gasteiger partial charge < -0.3 is 28.4 Å². The number of halogens is 1. The molecule has 0 atom stereocenters. The van der Waals surface area contributed by atoms with Crippen LogP contribution in [0.25, 0.3) is 18.2 Å². The van der Waals surface area contributed by atoms with Crippen molar-refractivity contribution in [3.8, 4) is 23.0 Å². The molecule has 0 aliphatic carbocycles. The SMILES string of the molecule is C=Cc1cc(OCCOC)c(/C=C/c2cc(OC)c(Br)cc2OCCOC)cc1OC. The number of methoxy groups -OCH3 is 4. The number of hydrogen-bond acceptors (Lipinski definition) is 6. The van der Waals surface area contributed by atoms with Crippen molar-refractivity contribution in [1.82, 2.24) is 0 Å². The molecule has 0 saturated carbocycles. The minimum Gasteiger partial charge on any atom is -0.496 e. The molecule has 0 bridgehead atoms. The van der Waals surface area contributed by atoms with Crippen LogP contribution in [0.3, 0.4) is 0 Å². The van der Waals surface area contributed by atoms with E-state index in [4.69, 9.17) is 28.4 Å². The third kappa shape index (κ3) is 7.02. The van der Waals surface area contributed by atoms with Crippen LogP contribution in [0.2, 0.25) is 0 Å². The number of ether oxygens (including phenoxy) is 6. The van der Waals surface area contributed by atoms with Crippen LogP contribution < -0.4 is 18.9 Å². The van der Waals surface area contributed by atoms with Crippen LogP contribution in [-0.2, 0) is 9.47 Å². The smallest absolute Gasteiger partial charge is 0.133 e. The highest BCUT2D eigenvalue weighted by Crippen LogP contribution is 2.35. The summed E-state index contributed by atoms with van der Waals surface area (Å²) in [5.41, 5.74) is 2.55. The van der Waals surface area contributed by atoms with Crippen LogP contribution in [0.1, 0.15) is 16.7 Å². The molecule has 168 valence electrons. The average molecular weight is 493 g/mol. The molecule has 7 heteroatoms. The van der Waals surface area contributed by atoms with Crippen molar-refractivity contribution in [3.05, 3.63) is 52.0 Å². The Kier molecular flexibility index (Phi) is 10.4. The molecule has 0 aliphatic heterocycles. The Morgan fingerprint density at radius 1 is 0.677 bits per heavy atom. The lowest BCUT2D eigenvalue weighted by molar-refractivity contribution is 0.146. The standard InChI is InChI=1S/C24H29BrO6/c1-6-17-13-22(30-11-9-26-2)18(14-21(17)28-4)7-8-19-15-24(29-5)20(25)16-23(19)31-12-10-27-3/h6-8,13-16H,1,9-12H2,2-5H3/b8-7+. The van der Waals surface area contributed by atoms with Gasteiger partial charge in [-0.25, -0.2) is 0 Å². The van der Waals surface area contributed by atoms with Gasteiger partial charge in [-0.2, -0.15) is 0 Å². The van der Waals surface area contributed by atoms with Gasteiger partial charge in [-0.15, -0.1) is 0 Å². The maximum absolute atomic E-state index is 5.92. The molecule has 0 fully saturated rings. The number of rotatable bonds is 13. The molecule has 0 unspecified atom stereocenters. The summed E-state index contributed by atoms with van der Waals surface area (Å²) < 4.78 is 33.8. The summed E-state index contributed by atoms with van der Waals surface area (Å²) in [5.74, 6) is 2.82. The highest BCUT2D eigenvalue weighted by Gasteiger charge is 2.11. The molecule has 0 N–H and O–H groups in total. The van der Waals surface area contributed by atoms with Crippen molar-refractivity contribution in [2.24, 2.45) is 0 Å². The quantitative estimate of drug-likeness (QED) is 0.278. The van der Waals surface area contributed by atoms with E-state index in [1.54, 1.807) is 34.5 Å². The summed E-state index contributed by atoms with van der Waals surface area (Å²) in [4.78, 5) is 0. The van der Waals surface area contributed by atoms with Crippen LogP contribution >= 0.6 is 15.9 Å². The largest absolute Gasteiger partial charge is 0.496 e. The number of benzene rings is 2. The van der Waals surface area contributed by atoms with Crippen LogP contribution in [0.15, 0.2) is 35.3 Å². The van der Waals surface area contributed by atoms with Gasteiger partial charge in [0.25, 0.3) is 0 Å². The summed E-state index contributed by atoms with van der Waals surface area (Å²) in [7, 11) is 6.53. The molecule has 0 radical (unpaired) electrons. The normalized spacial score (nSPS) is 10.9. The summed E-state index contributed by atoms with van der Waals surface area (Å²) >= 11 is 3.51. The lowest BCUT2D eigenvalue weighted by atomic mass is 10.1. The molecule has 2 rings (SSSR count). The van der Waals surface area contributed by atoms with Gasteiger partial charge >= 0.3 is 0 Å². The fourth-order valence-corrected chi connectivity index (χ4v) is 3.28. The second-order valence-electron chi connectivity index (χ2n) is 6.38. The van der Waals surface area contributed by atoms with Gasteiger partial charge in [-0.3, -0.25) is 0 Å². The molecule has 6 nitrogen and oxygen atoms in total. The van der Waals surface area contributed by atoms with Gasteiger partial charge in [0.15, 0.2) is 0 Å². The first-order valence-corrected chi connectivity index (χ1v) is 10.5. The fourth-order valence-electron chi connectivity index (χ4n) is 2.79. The molecule has 2 aromatic rings. The predicted molar refractivity (Wildman–Crippen MR) is 127 cm³/mol. The van der Waals surface area contributed by atoms with Crippen molar-refractivity contribution in [3.63, 3.8) is 0 Å². The van der Waals surface area contributed by atoms with Crippen molar-refractivity contribution in [1.29, 1.82) is 0 Å². The van der Waals surface area contributed by atoms with E-state index in [1.807, 2.05) is 36.4 Å². The fraction of sp³-hybridized carbons (Fsp3) is 0.333. The molecular weight excluding hydrogens is 464 g/mol. The first-order valence-electron chi connectivity index (χ1n) is 9.71. The molecule has 31 heavy (non-hydrogen) atoms. The molecule has 0 heterocycles. The zero-order valence-corrected chi connectivity index (χ0v) is 20.0. The maximum Gasteiger partial charge on any atom is 0.133 e. The lowest BCUT2D eigenvalue weighted by Crippen LogP contribution is -2.06. The minimum atomic E-state index is 0.428. The van der Waals surface area contributed by atoms with E-state index in [-0.39, 0.29) is 0 Å². The first kappa shape index (κ1) is 24.8. The van der Waals surface area contributed by atoms with Crippen molar-refractivity contribution in [2.75, 3.05) is 54.9 Å². The van der Waals surface area contributed by atoms with Gasteiger partial charge in [0.05, 0.1) is 31.9 Å². The Morgan fingerprint density at radius 2 is 1.16 bits per heavy atom. The highest BCUT2D eigenvalue weighted by atomic mass is 79.9. The highest BCUT2D eigenvalue weighted by molar-refractivity contribution is 9.10. The van der Waals surface area contributed by atoms with Crippen molar-refractivity contribution in [2.45, 2.75) is 0 Å². The molecule has 0 aliphatic rings. The van der Waals surface area contributed by atoms with Crippen LogP contribution in [0.4, 0.5) is 0 Å². The molecule has 0 saturated heterocycles. The van der Waals surface area contributed by atoms with Crippen LogP contribution in [0.5, 0.6) is 23.0 Å². The molecule has 0 spiro atoms. The molecular formula is C24H29BrO6. The molecule has 0 aromatic heterocycles. The Hall–Kier alpha value is -2.48. The van der Waals surface area contributed by atoms with E-state index in [0.717, 1.165) is 21.2 Å². The topological polar surface area (TPSA) is 55.4 Å². The summed E-state index contributed by atoms with van der Waals surface area (Å²) in [5, 5.41) is 0. The Balaban J connectivity index is 2.45. The minimum absolute atomic E-state index is 0.428. The summed E-state index contributed by atoms with van der Waals surface area (Å²) in [6, 6.07) is 7.60. The predicted octanol–water partition coefficient (Wildman–Crippen LogP) is 5.33. The average Bonchev–Trinajstić information content (AvgIpc) is 2.78. The Labute approximate surface area is 192 Å². The van der Waals surface area contributed by atoms with E-state index in [0.29, 0.717) is 49.4 Å². The third-order valence-corrected chi connectivity index (χ3v) is 5.02. The Morgan fingerprint density at radius 3 is 1.65 bits per heavy atom. The molecule has 2 aromatic carbocycles. The first-order chi connectivity index (χ1) is 15.1. The maximum atomic E-state index is 5.92. The summed E-state index contributed by atoms with van der Waals surface area (Å²) in [6.45, 7) is 5.69. The number of hydrogen-bond donors (Lipinski definition) is 0. The van der Waals surface area contributed by atoms with Gasteiger partial charge in [-0.1, -0.05) is 24.8 Å². The molecule has 0 amide bonds. The van der Waals surface area contributed by atoms with Crippen LogP contribution in [0, 0.1) is 0 Å². The van der Waals surface area contributed by atoms with Crippen LogP contribution in [-0.4, -0.2) is 54.9 Å². The second-order valence-corrected chi connectivity index (χ2v) is 7.23. The van der Waals surface area contributed by atoms with E-state index >= 15 is 0 Å². The van der Waals surface area contributed by atoms with Crippen molar-refractivity contribution < 1.29 is 28.4 Å². The lowest BCUT2D eigenvalue weighted by Gasteiger charge is -2.14. The Bertz CT molecular complexity index is 894. The van der Waals surface area contributed by atoms with E-state index in [1.165, 1.54) is 0 Å². The van der Waals surface area contributed by atoms with E-state index < -0.39 is 0 Å². The van der Waals surface area contributed by atoms with E-state index in [9.17, 15) is 0 Å².